The van der Waals surface area contributed by atoms with E-state index in [1.165, 1.54) is 18.2 Å². The van der Waals surface area contributed by atoms with Gasteiger partial charge in [0.15, 0.2) is 0 Å². The normalized spacial score (nSPS) is 21.9. The fourth-order valence-electron chi connectivity index (χ4n) is 3.32. The summed E-state index contributed by atoms with van der Waals surface area (Å²) in [4.78, 5) is 20.7. The number of hydrogen-bond acceptors (Lipinski definition) is 8. The average molecular weight is 476 g/mol. The molecule has 2 aromatic rings. The van der Waals surface area contributed by atoms with E-state index in [2.05, 4.69) is 0 Å². The van der Waals surface area contributed by atoms with E-state index in [0.717, 1.165) is 11.3 Å². The molecule has 10 heteroatoms. The van der Waals surface area contributed by atoms with Crippen molar-refractivity contribution in [3.8, 4) is 11.5 Å². The molecule has 0 saturated heterocycles. The van der Waals surface area contributed by atoms with E-state index in [1.54, 1.807) is 25.3 Å². The van der Waals surface area contributed by atoms with Crippen molar-refractivity contribution in [1.29, 1.82) is 0 Å². The Hall–Kier alpha value is -3.60. The van der Waals surface area contributed by atoms with E-state index in [0.29, 0.717) is 12.2 Å². The molecular formula is C24H28O10. The number of phenolic OH excluding ortho intramolecular Hbond substituents is 1. The molecule has 4 atom stereocenters. The zero-order valence-corrected chi connectivity index (χ0v) is 18.5. The highest BCUT2D eigenvalue weighted by Crippen LogP contribution is 2.26. The highest BCUT2D eigenvalue weighted by Gasteiger charge is 2.38. The van der Waals surface area contributed by atoms with Crippen LogP contribution in [0.4, 0.5) is 4.79 Å². The summed E-state index contributed by atoms with van der Waals surface area (Å²) >= 11 is 0. The van der Waals surface area contributed by atoms with Gasteiger partial charge in [0.05, 0.1) is 25.9 Å². The lowest BCUT2D eigenvalue weighted by Gasteiger charge is -2.36. The van der Waals surface area contributed by atoms with Gasteiger partial charge < -0.3 is 39.7 Å². The van der Waals surface area contributed by atoms with E-state index in [9.17, 15) is 20.1 Å². The fourth-order valence-corrected chi connectivity index (χ4v) is 3.32. The fraction of sp³-hybridized carbons (Fsp3) is 0.333. The highest BCUT2D eigenvalue weighted by molar-refractivity contribution is 5.87. The van der Waals surface area contributed by atoms with Crippen LogP contribution in [0.1, 0.15) is 24.0 Å². The molecule has 0 amide bonds. The van der Waals surface area contributed by atoms with Crippen LogP contribution in [0.25, 0.3) is 6.08 Å². The lowest BCUT2D eigenvalue weighted by atomic mass is 9.89. The number of aromatic hydroxyl groups is 1. The van der Waals surface area contributed by atoms with Crippen LogP contribution in [0.5, 0.6) is 11.5 Å². The molecular weight excluding hydrogens is 448 g/mol. The number of aliphatic hydroxyl groups excluding tert-OH is 2. The molecule has 0 aliphatic heterocycles. The number of esters is 1. The number of hydrogen-bond donors (Lipinski definition) is 5. The lowest BCUT2D eigenvalue weighted by molar-refractivity contribution is -0.171. The largest absolute Gasteiger partial charge is 0.508 e. The molecule has 1 aliphatic carbocycles. The Balaban J connectivity index is 0.000000945. The molecule has 0 heterocycles. The van der Waals surface area contributed by atoms with Crippen LogP contribution in [0.3, 0.4) is 0 Å². The van der Waals surface area contributed by atoms with Crippen molar-refractivity contribution in [3.05, 3.63) is 65.7 Å². The third-order valence-electron chi connectivity index (χ3n) is 4.97. The molecule has 2 aromatic carbocycles. The van der Waals surface area contributed by atoms with Gasteiger partial charge in [-0.2, -0.15) is 0 Å². The van der Waals surface area contributed by atoms with E-state index in [-0.39, 0.29) is 24.7 Å². The monoisotopic (exact) mass is 476 g/mol. The summed E-state index contributed by atoms with van der Waals surface area (Å²) in [6, 6.07) is 13.8. The van der Waals surface area contributed by atoms with Crippen molar-refractivity contribution in [3.63, 3.8) is 0 Å². The van der Waals surface area contributed by atoms with Crippen LogP contribution in [-0.4, -0.2) is 69.2 Å². The molecule has 1 saturated carbocycles. The Bertz CT molecular complexity index is 952. The zero-order valence-electron chi connectivity index (χ0n) is 18.5. The van der Waals surface area contributed by atoms with Crippen molar-refractivity contribution in [2.75, 3.05) is 7.11 Å². The molecule has 10 nitrogen and oxygen atoms in total. The van der Waals surface area contributed by atoms with Crippen LogP contribution in [-0.2, 0) is 20.9 Å². The van der Waals surface area contributed by atoms with Gasteiger partial charge in [0.1, 0.15) is 23.7 Å². The molecule has 0 bridgehead atoms. The predicted molar refractivity (Wildman–Crippen MR) is 120 cm³/mol. The van der Waals surface area contributed by atoms with Gasteiger partial charge in [-0.15, -0.1) is 0 Å². The minimum Gasteiger partial charge on any atom is -0.508 e. The minimum absolute atomic E-state index is 0.133. The molecule has 0 unspecified atom stereocenters. The maximum Gasteiger partial charge on any atom is 0.503 e. The molecule has 1 aliphatic rings. The Morgan fingerprint density at radius 1 is 1.06 bits per heavy atom. The summed E-state index contributed by atoms with van der Waals surface area (Å²) in [5, 5.41) is 43.6. The van der Waals surface area contributed by atoms with E-state index in [1.807, 2.05) is 24.3 Å². The van der Waals surface area contributed by atoms with Crippen LogP contribution >= 0.6 is 0 Å². The molecule has 0 aromatic heterocycles. The summed E-state index contributed by atoms with van der Waals surface area (Å²) in [5.74, 6) is 0.226. The highest BCUT2D eigenvalue weighted by atomic mass is 16.6. The smallest absolute Gasteiger partial charge is 0.503 e. The molecule has 0 radical (unpaired) electrons. The summed E-state index contributed by atoms with van der Waals surface area (Å²) in [7, 11) is 1.59. The first-order valence-electron chi connectivity index (χ1n) is 10.4. The van der Waals surface area contributed by atoms with Crippen molar-refractivity contribution in [1.82, 2.24) is 0 Å². The van der Waals surface area contributed by atoms with Crippen molar-refractivity contribution in [2.45, 2.75) is 43.9 Å². The third kappa shape index (κ3) is 9.10. The SMILES string of the molecule is COc1cccc(CO[C@H]2C[C@H](O)[C@@H](O)[C@H](OC(=O)/C=C/c3ccc(O)cc3)C2)c1.O=C(O)O. The van der Waals surface area contributed by atoms with Gasteiger partial charge >= 0.3 is 12.1 Å². The molecule has 34 heavy (non-hydrogen) atoms. The summed E-state index contributed by atoms with van der Waals surface area (Å²) in [6.45, 7) is 0.312. The topological polar surface area (TPSA) is 163 Å². The zero-order chi connectivity index (χ0) is 25.1. The van der Waals surface area contributed by atoms with Gasteiger partial charge in [-0.05, 0) is 41.5 Å². The minimum atomic E-state index is -1.83. The van der Waals surface area contributed by atoms with Crippen LogP contribution in [0, 0.1) is 0 Å². The Morgan fingerprint density at radius 3 is 2.38 bits per heavy atom. The average Bonchev–Trinajstić information content (AvgIpc) is 2.80. The predicted octanol–water partition coefficient (Wildman–Crippen LogP) is 2.65. The second-order valence-electron chi connectivity index (χ2n) is 7.50. The molecule has 5 N–H and O–H groups in total. The molecule has 1 fully saturated rings. The van der Waals surface area contributed by atoms with E-state index < -0.39 is 30.4 Å². The number of benzene rings is 2. The number of carboxylic acid groups (broad SMARTS) is 2. The van der Waals surface area contributed by atoms with Crippen LogP contribution in [0.2, 0.25) is 0 Å². The first-order valence-corrected chi connectivity index (χ1v) is 10.4. The second-order valence-corrected chi connectivity index (χ2v) is 7.50. The van der Waals surface area contributed by atoms with Gasteiger partial charge in [0, 0.05) is 18.9 Å². The Kier molecular flexibility index (Phi) is 10.3. The summed E-state index contributed by atoms with van der Waals surface area (Å²) in [5.41, 5.74) is 1.63. The number of methoxy groups -OCH3 is 1. The molecule has 184 valence electrons. The van der Waals surface area contributed by atoms with Gasteiger partial charge in [-0.1, -0.05) is 24.3 Å². The number of carbonyl (C=O) groups excluding carboxylic acids is 1. The number of phenols is 1. The van der Waals surface area contributed by atoms with Crippen LogP contribution in [0.15, 0.2) is 54.6 Å². The summed E-state index contributed by atoms with van der Waals surface area (Å²) < 4.78 is 16.4. The van der Waals surface area contributed by atoms with Gasteiger partial charge in [-0.3, -0.25) is 0 Å². The van der Waals surface area contributed by atoms with Crippen molar-refractivity contribution >= 4 is 18.2 Å². The number of rotatable bonds is 7. The second kappa shape index (κ2) is 13.2. The number of carbonyl (C=O) groups is 2. The van der Waals surface area contributed by atoms with Crippen molar-refractivity contribution in [2.24, 2.45) is 0 Å². The van der Waals surface area contributed by atoms with Gasteiger partial charge in [0.2, 0.25) is 0 Å². The maximum absolute atomic E-state index is 12.2. The van der Waals surface area contributed by atoms with Crippen molar-refractivity contribution < 1.29 is 49.3 Å². The standard InChI is InChI=1S/C23H26O7.CH2O3/c1-28-18-4-2-3-16(11-18)14-29-19-12-20(25)23(27)21(13-19)30-22(26)10-7-15-5-8-17(24)9-6-15;2-1(3)4/h2-11,19-21,23-25,27H,12-14H2,1H3;(H2,2,3,4)/b10-7+;/t19-,20-,21+,23+;/m0./s1. The molecule has 3 rings (SSSR count). The molecule has 0 spiro atoms. The Labute approximate surface area is 196 Å². The Morgan fingerprint density at radius 2 is 1.74 bits per heavy atom. The first kappa shape index (κ1) is 26.7. The third-order valence-corrected chi connectivity index (χ3v) is 4.97. The number of aliphatic hydroxyl groups is 2. The quantitative estimate of drug-likeness (QED) is 0.296. The van der Waals surface area contributed by atoms with Gasteiger partial charge in [-0.25, -0.2) is 9.59 Å². The van der Waals surface area contributed by atoms with Gasteiger partial charge in [0.25, 0.3) is 0 Å². The van der Waals surface area contributed by atoms with Crippen LogP contribution < -0.4 is 4.74 Å². The lowest BCUT2D eigenvalue weighted by Crippen LogP contribution is -2.48. The maximum atomic E-state index is 12.2. The number of ether oxygens (including phenoxy) is 3. The van der Waals surface area contributed by atoms with E-state index >= 15 is 0 Å². The first-order chi connectivity index (χ1) is 16.2. The van der Waals surface area contributed by atoms with E-state index in [4.69, 9.17) is 29.2 Å². The summed E-state index contributed by atoms with van der Waals surface area (Å²) in [6.07, 6.45) is -1.98.